The van der Waals surface area contributed by atoms with E-state index in [-0.39, 0.29) is 18.3 Å². The third kappa shape index (κ3) is 5.30. The Kier molecular flexibility index (Phi) is 7.72. The lowest BCUT2D eigenvalue weighted by Crippen LogP contribution is -2.47. The SMILES string of the molecule is CCc1ccc(NC(=O)CN2CCCCC2CN)cc1.Cl. The molecule has 0 saturated carbocycles. The Morgan fingerprint density at radius 3 is 2.67 bits per heavy atom. The first-order valence-electron chi connectivity index (χ1n) is 7.56. The molecular formula is C16H26ClN3O. The predicted octanol–water partition coefficient (Wildman–Crippen LogP) is 2.42. The molecule has 0 spiro atoms. The van der Waals surface area contributed by atoms with Crippen molar-refractivity contribution in [3.05, 3.63) is 29.8 Å². The lowest BCUT2D eigenvalue weighted by atomic mass is 10.0. The maximum absolute atomic E-state index is 12.1. The van der Waals surface area contributed by atoms with Crippen molar-refractivity contribution in [2.75, 3.05) is 25.0 Å². The van der Waals surface area contributed by atoms with Gasteiger partial charge in [-0.05, 0) is 43.5 Å². The number of hydrogen-bond acceptors (Lipinski definition) is 3. The largest absolute Gasteiger partial charge is 0.329 e. The smallest absolute Gasteiger partial charge is 0.238 e. The summed E-state index contributed by atoms with van der Waals surface area (Å²) in [5.41, 5.74) is 7.93. The highest BCUT2D eigenvalue weighted by Gasteiger charge is 2.22. The van der Waals surface area contributed by atoms with Crippen molar-refractivity contribution in [3.63, 3.8) is 0 Å². The fourth-order valence-corrected chi connectivity index (χ4v) is 2.74. The number of piperidine rings is 1. The highest BCUT2D eigenvalue weighted by molar-refractivity contribution is 5.92. The zero-order chi connectivity index (χ0) is 14.4. The molecule has 21 heavy (non-hydrogen) atoms. The number of carbonyl (C=O) groups excluding carboxylic acids is 1. The lowest BCUT2D eigenvalue weighted by molar-refractivity contribution is -0.118. The topological polar surface area (TPSA) is 58.4 Å². The predicted molar refractivity (Wildman–Crippen MR) is 90.0 cm³/mol. The highest BCUT2D eigenvalue weighted by atomic mass is 35.5. The summed E-state index contributed by atoms with van der Waals surface area (Å²) in [5.74, 6) is 0.0506. The second-order valence-corrected chi connectivity index (χ2v) is 5.45. The second-order valence-electron chi connectivity index (χ2n) is 5.45. The first-order valence-corrected chi connectivity index (χ1v) is 7.56. The molecule has 1 fully saturated rings. The average molecular weight is 312 g/mol. The van der Waals surface area contributed by atoms with Crippen molar-refractivity contribution in [2.24, 2.45) is 5.73 Å². The summed E-state index contributed by atoms with van der Waals surface area (Å²) in [7, 11) is 0. The Hall–Kier alpha value is -1.10. The van der Waals surface area contributed by atoms with Gasteiger partial charge in [-0.15, -0.1) is 12.4 Å². The van der Waals surface area contributed by atoms with Crippen LogP contribution in [-0.4, -0.2) is 36.5 Å². The van der Waals surface area contributed by atoms with E-state index in [0.29, 0.717) is 19.1 Å². The molecule has 5 heteroatoms. The van der Waals surface area contributed by atoms with Crippen LogP contribution in [0.2, 0.25) is 0 Å². The van der Waals surface area contributed by atoms with Crippen molar-refractivity contribution in [2.45, 2.75) is 38.6 Å². The molecule has 1 saturated heterocycles. The molecule has 0 bridgehead atoms. The first-order chi connectivity index (χ1) is 9.72. The molecule has 1 aromatic carbocycles. The molecule has 1 heterocycles. The Balaban J connectivity index is 0.00000220. The van der Waals surface area contributed by atoms with Gasteiger partial charge in [-0.1, -0.05) is 25.5 Å². The van der Waals surface area contributed by atoms with E-state index in [4.69, 9.17) is 5.73 Å². The third-order valence-electron chi connectivity index (χ3n) is 4.01. The normalized spacial score (nSPS) is 18.9. The third-order valence-corrected chi connectivity index (χ3v) is 4.01. The van der Waals surface area contributed by atoms with Crippen LogP contribution < -0.4 is 11.1 Å². The molecule has 2 rings (SSSR count). The van der Waals surface area contributed by atoms with E-state index in [0.717, 1.165) is 31.5 Å². The maximum Gasteiger partial charge on any atom is 0.238 e. The van der Waals surface area contributed by atoms with Crippen molar-refractivity contribution in [1.82, 2.24) is 4.90 Å². The minimum absolute atomic E-state index is 0. The zero-order valence-corrected chi connectivity index (χ0v) is 13.5. The van der Waals surface area contributed by atoms with Crippen LogP contribution in [0.4, 0.5) is 5.69 Å². The van der Waals surface area contributed by atoms with Crippen LogP contribution in [0.15, 0.2) is 24.3 Å². The van der Waals surface area contributed by atoms with Crippen LogP contribution >= 0.6 is 12.4 Å². The molecular weight excluding hydrogens is 286 g/mol. The molecule has 3 N–H and O–H groups in total. The molecule has 1 amide bonds. The number of nitrogens with one attached hydrogen (secondary N) is 1. The summed E-state index contributed by atoms with van der Waals surface area (Å²) < 4.78 is 0. The number of likely N-dealkylation sites (tertiary alicyclic amines) is 1. The van der Waals surface area contributed by atoms with Crippen LogP contribution in [0.5, 0.6) is 0 Å². The quantitative estimate of drug-likeness (QED) is 0.878. The molecule has 1 unspecified atom stereocenters. The number of benzene rings is 1. The Bertz CT molecular complexity index is 436. The number of hydrogen-bond donors (Lipinski definition) is 2. The van der Waals surface area contributed by atoms with Gasteiger partial charge in [0.25, 0.3) is 0 Å². The summed E-state index contributed by atoms with van der Waals surface area (Å²) >= 11 is 0. The van der Waals surface area contributed by atoms with Gasteiger partial charge in [-0.25, -0.2) is 0 Å². The van der Waals surface area contributed by atoms with Crippen LogP contribution in [0.25, 0.3) is 0 Å². The van der Waals surface area contributed by atoms with E-state index in [1.54, 1.807) is 0 Å². The summed E-state index contributed by atoms with van der Waals surface area (Å²) in [6, 6.07) is 8.40. The zero-order valence-electron chi connectivity index (χ0n) is 12.7. The van der Waals surface area contributed by atoms with Gasteiger partial charge in [0.15, 0.2) is 0 Å². The molecule has 118 valence electrons. The maximum atomic E-state index is 12.1. The van der Waals surface area contributed by atoms with Crippen molar-refractivity contribution >= 4 is 24.0 Å². The van der Waals surface area contributed by atoms with Crippen LogP contribution in [0.1, 0.15) is 31.7 Å². The second kappa shape index (κ2) is 9.03. The summed E-state index contributed by atoms with van der Waals surface area (Å²) in [6.45, 7) is 4.18. The Morgan fingerprint density at radius 2 is 2.05 bits per heavy atom. The van der Waals surface area contributed by atoms with Gasteiger partial charge in [0.2, 0.25) is 5.91 Å². The summed E-state index contributed by atoms with van der Waals surface area (Å²) in [4.78, 5) is 14.3. The first kappa shape index (κ1) is 18.0. The van der Waals surface area contributed by atoms with Gasteiger partial charge in [-0.3, -0.25) is 9.69 Å². The van der Waals surface area contributed by atoms with E-state index in [9.17, 15) is 4.79 Å². The molecule has 1 aliphatic rings. The van der Waals surface area contributed by atoms with Crippen molar-refractivity contribution in [1.29, 1.82) is 0 Å². The van der Waals surface area contributed by atoms with Crippen molar-refractivity contribution < 1.29 is 4.79 Å². The van der Waals surface area contributed by atoms with Crippen LogP contribution in [-0.2, 0) is 11.2 Å². The molecule has 1 atom stereocenters. The molecule has 0 radical (unpaired) electrons. The minimum atomic E-state index is 0. The monoisotopic (exact) mass is 311 g/mol. The fourth-order valence-electron chi connectivity index (χ4n) is 2.74. The van der Waals surface area contributed by atoms with Gasteiger partial charge >= 0.3 is 0 Å². The number of nitrogens with zero attached hydrogens (tertiary/aromatic N) is 1. The van der Waals surface area contributed by atoms with E-state index in [1.165, 1.54) is 12.0 Å². The van der Waals surface area contributed by atoms with E-state index in [2.05, 4.69) is 29.3 Å². The number of halogens is 1. The minimum Gasteiger partial charge on any atom is -0.329 e. The van der Waals surface area contributed by atoms with E-state index < -0.39 is 0 Å². The van der Waals surface area contributed by atoms with Gasteiger partial charge in [0.1, 0.15) is 0 Å². The number of amides is 1. The average Bonchev–Trinajstić information content (AvgIpc) is 2.48. The van der Waals surface area contributed by atoms with Gasteiger partial charge in [0, 0.05) is 18.3 Å². The standard InChI is InChI=1S/C16H25N3O.ClH/c1-2-13-6-8-14(9-7-13)18-16(20)12-19-10-4-3-5-15(19)11-17;/h6-9,15H,2-5,10-12,17H2,1H3,(H,18,20);1H. The fraction of sp³-hybridized carbons (Fsp3) is 0.562. The van der Waals surface area contributed by atoms with Gasteiger partial charge < -0.3 is 11.1 Å². The number of aryl methyl sites for hydroxylation is 1. The molecule has 0 aliphatic carbocycles. The molecule has 1 aromatic rings. The van der Waals surface area contributed by atoms with Gasteiger partial charge in [-0.2, -0.15) is 0 Å². The molecule has 1 aliphatic heterocycles. The van der Waals surface area contributed by atoms with Gasteiger partial charge in [0.05, 0.1) is 6.54 Å². The highest BCUT2D eigenvalue weighted by Crippen LogP contribution is 2.16. The van der Waals surface area contributed by atoms with Crippen LogP contribution in [0.3, 0.4) is 0 Å². The Labute approximate surface area is 133 Å². The summed E-state index contributed by atoms with van der Waals surface area (Å²) in [6.07, 6.45) is 4.50. The lowest BCUT2D eigenvalue weighted by Gasteiger charge is -2.34. The van der Waals surface area contributed by atoms with E-state index >= 15 is 0 Å². The van der Waals surface area contributed by atoms with Crippen LogP contribution in [0, 0.1) is 0 Å². The summed E-state index contributed by atoms with van der Waals surface area (Å²) in [5, 5.41) is 2.96. The molecule has 0 aromatic heterocycles. The number of anilines is 1. The van der Waals surface area contributed by atoms with E-state index in [1.807, 2.05) is 12.1 Å². The number of carbonyl (C=O) groups is 1. The molecule has 4 nitrogen and oxygen atoms in total. The number of rotatable bonds is 5. The van der Waals surface area contributed by atoms with Crippen molar-refractivity contribution in [3.8, 4) is 0 Å². The Morgan fingerprint density at radius 1 is 1.33 bits per heavy atom. The number of nitrogens with two attached hydrogens (primary N) is 1.